The molecular weight excluding hydrogens is 357 g/mol. The van der Waals surface area contributed by atoms with Crippen LogP contribution in [0.15, 0.2) is 42.5 Å². The van der Waals surface area contributed by atoms with Crippen LogP contribution in [0.1, 0.15) is 25.0 Å². The van der Waals surface area contributed by atoms with Gasteiger partial charge in [0.15, 0.2) is 6.61 Å². The van der Waals surface area contributed by atoms with E-state index < -0.39 is 0 Å². The van der Waals surface area contributed by atoms with E-state index in [2.05, 4.69) is 11.8 Å². The summed E-state index contributed by atoms with van der Waals surface area (Å²) < 4.78 is 18.8. The fourth-order valence-corrected chi connectivity index (χ4v) is 3.59. The second-order valence-electron chi connectivity index (χ2n) is 7.58. The molecule has 0 aliphatic carbocycles. The number of nitrogens with zero attached hydrogens (tertiary/aromatic N) is 2. The molecule has 2 N–H and O–H groups in total. The number of aryl methyl sites for hydroxylation is 1. The van der Waals surface area contributed by atoms with Gasteiger partial charge < -0.3 is 15.4 Å². The van der Waals surface area contributed by atoms with E-state index in [0.717, 1.165) is 24.2 Å². The largest absolute Gasteiger partial charge is 0.482 e. The van der Waals surface area contributed by atoms with Gasteiger partial charge in [0.05, 0.1) is 5.69 Å². The number of anilines is 1. The molecule has 1 saturated heterocycles. The summed E-state index contributed by atoms with van der Waals surface area (Å²) in [5, 5.41) is 0. The number of rotatable bonds is 5. The lowest BCUT2D eigenvalue weighted by atomic mass is 10.1. The minimum absolute atomic E-state index is 0.0251. The van der Waals surface area contributed by atoms with Crippen molar-refractivity contribution in [3.05, 3.63) is 59.4 Å². The molecule has 0 saturated carbocycles. The van der Waals surface area contributed by atoms with Crippen LogP contribution in [0, 0.1) is 12.7 Å². The second-order valence-corrected chi connectivity index (χ2v) is 7.58. The minimum Gasteiger partial charge on any atom is -0.482 e. The highest BCUT2D eigenvalue weighted by atomic mass is 19.1. The summed E-state index contributed by atoms with van der Waals surface area (Å²) in [5.74, 6) is 0.278. The van der Waals surface area contributed by atoms with Crippen LogP contribution in [0.25, 0.3) is 0 Å². The van der Waals surface area contributed by atoms with Crippen molar-refractivity contribution >= 4 is 11.6 Å². The maximum absolute atomic E-state index is 13.1. The molecule has 1 aliphatic rings. The molecule has 1 amide bonds. The fraction of sp³-hybridized carbons (Fsp3) is 0.409. The predicted molar refractivity (Wildman–Crippen MR) is 109 cm³/mol. The van der Waals surface area contributed by atoms with Gasteiger partial charge in [-0.05, 0) is 50.1 Å². The molecule has 0 spiro atoms. The minimum atomic E-state index is -0.227. The number of carbonyl (C=O) groups is 1. The molecule has 1 fully saturated rings. The van der Waals surface area contributed by atoms with E-state index >= 15 is 0 Å². The van der Waals surface area contributed by atoms with Crippen molar-refractivity contribution in [2.45, 2.75) is 39.4 Å². The Hall–Kier alpha value is -2.60. The van der Waals surface area contributed by atoms with Crippen molar-refractivity contribution in [2.24, 2.45) is 0 Å². The topological polar surface area (TPSA) is 58.8 Å². The highest BCUT2D eigenvalue weighted by Gasteiger charge is 2.32. The Labute approximate surface area is 165 Å². The molecule has 1 heterocycles. The van der Waals surface area contributed by atoms with E-state index in [0.29, 0.717) is 18.0 Å². The third-order valence-corrected chi connectivity index (χ3v) is 5.37. The quantitative estimate of drug-likeness (QED) is 0.803. The first kappa shape index (κ1) is 20.1. The molecule has 1 aliphatic heterocycles. The van der Waals surface area contributed by atoms with Gasteiger partial charge in [0, 0.05) is 31.7 Å². The van der Waals surface area contributed by atoms with Gasteiger partial charge in [0.2, 0.25) is 0 Å². The highest BCUT2D eigenvalue weighted by molar-refractivity contribution is 5.78. The van der Waals surface area contributed by atoms with Crippen LogP contribution in [0.3, 0.4) is 0 Å². The Balaban J connectivity index is 1.57. The third-order valence-electron chi connectivity index (χ3n) is 5.37. The monoisotopic (exact) mass is 385 g/mol. The van der Waals surface area contributed by atoms with E-state index in [4.69, 9.17) is 10.5 Å². The van der Waals surface area contributed by atoms with E-state index in [1.165, 1.54) is 12.1 Å². The first-order chi connectivity index (χ1) is 13.3. The molecule has 0 aromatic heterocycles. The lowest BCUT2D eigenvalue weighted by molar-refractivity contribution is -0.139. The van der Waals surface area contributed by atoms with Crippen molar-refractivity contribution < 1.29 is 13.9 Å². The molecule has 5 nitrogen and oxygen atoms in total. The average Bonchev–Trinajstić information content (AvgIpc) is 2.67. The van der Waals surface area contributed by atoms with Gasteiger partial charge in [-0.1, -0.05) is 24.3 Å². The van der Waals surface area contributed by atoms with Crippen LogP contribution in [-0.4, -0.2) is 47.5 Å². The zero-order valence-corrected chi connectivity index (χ0v) is 16.7. The van der Waals surface area contributed by atoms with Crippen molar-refractivity contribution in [3.8, 4) is 5.75 Å². The number of benzene rings is 2. The van der Waals surface area contributed by atoms with Gasteiger partial charge in [-0.25, -0.2) is 4.39 Å². The molecule has 3 rings (SSSR count). The SMILES string of the molecule is Cc1cccc(OCC(=O)N2C[C@@H](C)N(Cc3ccc(F)cc3)C[C@@H]2C)c1N. The summed E-state index contributed by atoms with van der Waals surface area (Å²) in [6.45, 7) is 8.17. The van der Waals surface area contributed by atoms with Gasteiger partial charge in [-0.2, -0.15) is 0 Å². The molecule has 0 bridgehead atoms. The van der Waals surface area contributed by atoms with Crippen LogP contribution in [-0.2, 0) is 11.3 Å². The molecule has 2 atom stereocenters. The normalized spacial score (nSPS) is 20.2. The van der Waals surface area contributed by atoms with Crippen molar-refractivity contribution in [1.82, 2.24) is 9.80 Å². The molecule has 6 heteroatoms. The molecular formula is C22H28FN3O2. The Morgan fingerprint density at radius 2 is 1.86 bits per heavy atom. The zero-order chi connectivity index (χ0) is 20.3. The van der Waals surface area contributed by atoms with Gasteiger partial charge in [-0.15, -0.1) is 0 Å². The van der Waals surface area contributed by atoms with Gasteiger partial charge in [-0.3, -0.25) is 9.69 Å². The number of halogens is 1. The second kappa shape index (κ2) is 8.61. The van der Waals surface area contributed by atoms with E-state index in [-0.39, 0.29) is 30.4 Å². The predicted octanol–water partition coefficient (Wildman–Crippen LogP) is 3.22. The number of nitrogens with two attached hydrogens (primary N) is 1. The summed E-state index contributed by atoms with van der Waals surface area (Å²) in [5.41, 5.74) is 8.59. The summed E-state index contributed by atoms with van der Waals surface area (Å²) in [6.07, 6.45) is 0. The lowest BCUT2D eigenvalue weighted by Crippen LogP contribution is -2.58. The van der Waals surface area contributed by atoms with Crippen molar-refractivity contribution in [2.75, 3.05) is 25.4 Å². The van der Waals surface area contributed by atoms with Gasteiger partial charge in [0.25, 0.3) is 5.91 Å². The van der Waals surface area contributed by atoms with Crippen LogP contribution in [0.2, 0.25) is 0 Å². The standard InChI is InChI=1S/C22H28FN3O2/c1-15-5-4-6-20(22(15)24)28-14-21(27)26-12-16(2)25(11-17(26)3)13-18-7-9-19(23)10-8-18/h4-10,16-17H,11-14,24H2,1-3H3/t16-,17+/m1/s1. The molecule has 2 aromatic carbocycles. The van der Waals surface area contributed by atoms with Crippen molar-refractivity contribution in [3.63, 3.8) is 0 Å². The highest BCUT2D eigenvalue weighted by Crippen LogP contribution is 2.25. The number of ether oxygens (including phenoxy) is 1. The maximum atomic E-state index is 13.1. The van der Waals surface area contributed by atoms with Crippen molar-refractivity contribution in [1.29, 1.82) is 0 Å². The Morgan fingerprint density at radius 3 is 2.57 bits per heavy atom. The first-order valence-corrected chi connectivity index (χ1v) is 9.61. The van der Waals surface area contributed by atoms with Crippen LogP contribution >= 0.6 is 0 Å². The summed E-state index contributed by atoms with van der Waals surface area (Å²) >= 11 is 0. The number of para-hydroxylation sites is 1. The van der Waals surface area contributed by atoms with Crippen LogP contribution < -0.4 is 10.5 Å². The summed E-state index contributed by atoms with van der Waals surface area (Å²) in [4.78, 5) is 16.9. The third kappa shape index (κ3) is 4.62. The maximum Gasteiger partial charge on any atom is 0.260 e. The average molecular weight is 385 g/mol. The summed E-state index contributed by atoms with van der Waals surface area (Å²) in [6, 6.07) is 12.4. The molecule has 0 unspecified atom stereocenters. The number of hydrogen-bond acceptors (Lipinski definition) is 4. The smallest absolute Gasteiger partial charge is 0.260 e. The molecule has 28 heavy (non-hydrogen) atoms. The van der Waals surface area contributed by atoms with Crippen LogP contribution in [0.5, 0.6) is 5.75 Å². The Morgan fingerprint density at radius 1 is 1.14 bits per heavy atom. The Bertz CT molecular complexity index is 825. The van der Waals surface area contributed by atoms with E-state index in [1.54, 1.807) is 6.07 Å². The summed E-state index contributed by atoms with van der Waals surface area (Å²) in [7, 11) is 0. The van der Waals surface area contributed by atoms with Gasteiger partial charge >= 0.3 is 0 Å². The molecule has 150 valence electrons. The number of nitrogen functional groups attached to an aromatic ring is 1. The van der Waals surface area contributed by atoms with Gasteiger partial charge in [0.1, 0.15) is 11.6 Å². The number of piperazine rings is 1. The number of amides is 1. The molecule has 0 radical (unpaired) electrons. The van der Waals surface area contributed by atoms with E-state index in [1.807, 2.05) is 43.0 Å². The fourth-order valence-electron chi connectivity index (χ4n) is 3.59. The van der Waals surface area contributed by atoms with Crippen LogP contribution in [0.4, 0.5) is 10.1 Å². The number of carbonyl (C=O) groups excluding carboxylic acids is 1. The lowest BCUT2D eigenvalue weighted by Gasteiger charge is -2.44. The Kier molecular flexibility index (Phi) is 6.19. The van der Waals surface area contributed by atoms with E-state index in [9.17, 15) is 9.18 Å². The number of hydrogen-bond donors (Lipinski definition) is 1. The zero-order valence-electron chi connectivity index (χ0n) is 16.7. The molecule has 2 aromatic rings. The first-order valence-electron chi connectivity index (χ1n) is 9.61.